The molecule has 2 N–H and O–H groups in total. The van der Waals surface area contributed by atoms with Gasteiger partial charge in [0.05, 0.1) is 17.0 Å². The van der Waals surface area contributed by atoms with Gasteiger partial charge in [-0.3, -0.25) is 0 Å². The molecule has 1 aromatic carbocycles. The van der Waals surface area contributed by atoms with Crippen LogP contribution in [0.4, 0.5) is 0 Å². The van der Waals surface area contributed by atoms with Gasteiger partial charge in [0.2, 0.25) is 10.0 Å². The Hall–Kier alpha value is -1.17. The number of benzene rings is 1. The highest BCUT2D eigenvalue weighted by molar-refractivity contribution is 7.89. The summed E-state index contributed by atoms with van der Waals surface area (Å²) < 4.78 is 27.2. The summed E-state index contributed by atoms with van der Waals surface area (Å²) in [5.41, 5.74) is 0.994. The SMILES string of the molecule is C=C[C@H](O)[C@H](CC(C)C)NS(=O)(=O)c1ccc(C)cc1. The second kappa shape index (κ2) is 7.02. The molecule has 0 aliphatic rings. The van der Waals surface area contributed by atoms with Crippen molar-refractivity contribution in [3.05, 3.63) is 42.5 Å². The molecule has 5 heteroatoms. The molecule has 0 saturated heterocycles. The van der Waals surface area contributed by atoms with E-state index in [-0.39, 0.29) is 10.8 Å². The molecule has 0 heterocycles. The van der Waals surface area contributed by atoms with Crippen molar-refractivity contribution >= 4 is 10.0 Å². The van der Waals surface area contributed by atoms with E-state index in [9.17, 15) is 13.5 Å². The van der Waals surface area contributed by atoms with Gasteiger partial charge in [0.25, 0.3) is 0 Å². The van der Waals surface area contributed by atoms with Crippen LogP contribution in [0.3, 0.4) is 0 Å². The molecule has 0 aliphatic carbocycles. The van der Waals surface area contributed by atoms with Gasteiger partial charge in [-0.15, -0.1) is 6.58 Å². The van der Waals surface area contributed by atoms with Crippen molar-refractivity contribution in [1.82, 2.24) is 4.72 Å². The molecule has 1 aromatic rings. The molecule has 0 amide bonds. The van der Waals surface area contributed by atoms with Crippen LogP contribution in [0.25, 0.3) is 0 Å². The average Bonchev–Trinajstić information content (AvgIpc) is 2.36. The van der Waals surface area contributed by atoms with Gasteiger partial charge >= 0.3 is 0 Å². The Balaban J connectivity index is 2.96. The summed E-state index contributed by atoms with van der Waals surface area (Å²) in [5.74, 6) is 0.260. The zero-order chi connectivity index (χ0) is 15.3. The highest BCUT2D eigenvalue weighted by Crippen LogP contribution is 2.15. The monoisotopic (exact) mass is 297 g/mol. The molecule has 0 fully saturated rings. The lowest BCUT2D eigenvalue weighted by molar-refractivity contribution is 0.170. The van der Waals surface area contributed by atoms with Gasteiger partial charge in [-0.1, -0.05) is 37.6 Å². The molecule has 112 valence electrons. The summed E-state index contributed by atoms with van der Waals surface area (Å²) in [6.07, 6.45) is 0.987. The first-order valence-electron chi connectivity index (χ1n) is 6.66. The number of rotatable bonds is 7. The molecule has 0 saturated carbocycles. The third-order valence-corrected chi connectivity index (χ3v) is 4.52. The van der Waals surface area contributed by atoms with E-state index < -0.39 is 22.2 Å². The molecule has 0 bridgehead atoms. The first kappa shape index (κ1) is 16.9. The summed E-state index contributed by atoms with van der Waals surface area (Å²) in [7, 11) is -3.63. The number of sulfonamides is 1. The van der Waals surface area contributed by atoms with Gasteiger partial charge in [-0.05, 0) is 31.4 Å². The molecular formula is C15H23NO3S. The molecule has 20 heavy (non-hydrogen) atoms. The molecular weight excluding hydrogens is 274 g/mol. The van der Waals surface area contributed by atoms with Gasteiger partial charge < -0.3 is 5.11 Å². The van der Waals surface area contributed by atoms with Gasteiger partial charge in [0, 0.05) is 0 Å². The number of aryl methyl sites for hydroxylation is 1. The van der Waals surface area contributed by atoms with Crippen molar-refractivity contribution in [3.63, 3.8) is 0 Å². The van der Waals surface area contributed by atoms with Crippen molar-refractivity contribution in [3.8, 4) is 0 Å². The van der Waals surface area contributed by atoms with Crippen molar-refractivity contribution < 1.29 is 13.5 Å². The fourth-order valence-electron chi connectivity index (χ4n) is 1.91. The van der Waals surface area contributed by atoms with E-state index in [4.69, 9.17) is 0 Å². The number of hydrogen-bond acceptors (Lipinski definition) is 3. The smallest absolute Gasteiger partial charge is 0.240 e. The highest BCUT2D eigenvalue weighted by Gasteiger charge is 2.24. The van der Waals surface area contributed by atoms with E-state index in [1.165, 1.54) is 6.08 Å². The van der Waals surface area contributed by atoms with E-state index in [0.717, 1.165) is 5.56 Å². The Labute approximate surface area is 121 Å². The third-order valence-electron chi connectivity index (χ3n) is 3.02. The molecule has 4 nitrogen and oxygen atoms in total. The minimum atomic E-state index is -3.63. The van der Waals surface area contributed by atoms with Crippen molar-refractivity contribution in [2.24, 2.45) is 5.92 Å². The maximum Gasteiger partial charge on any atom is 0.240 e. The fourth-order valence-corrected chi connectivity index (χ4v) is 3.18. The lowest BCUT2D eigenvalue weighted by Gasteiger charge is -2.23. The Morgan fingerprint density at radius 2 is 1.85 bits per heavy atom. The predicted molar refractivity (Wildman–Crippen MR) is 80.9 cm³/mol. The molecule has 1 rings (SSSR count). The Morgan fingerprint density at radius 3 is 2.30 bits per heavy atom. The van der Waals surface area contributed by atoms with E-state index in [2.05, 4.69) is 11.3 Å². The van der Waals surface area contributed by atoms with Crippen LogP contribution in [-0.2, 0) is 10.0 Å². The number of aliphatic hydroxyl groups is 1. The second-order valence-corrected chi connectivity index (χ2v) is 7.11. The van der Waals surface area contributed by atoms with Crippen LogP contribution in [0.2, 0.25) is 0 Å². The summed E-state index contributed by atoms with van der Waals surface area (Å²) in [5, 5.41) is 9.88. The van der Waals surface area contributed by atoms with Crippen LogP contribution in [0, 0.1) is 12.8 Å². The standard InChI is InChI=1S/C15H23NO3S/c1-5-15(17)14(10-11(2)3)16-20(18,19)13-8-6-12(4)7-9-13/h5-9,11,14-17H,1,10H2,2-4H3/t14-,15-/m0/s1. The van der Waals surface area contributed by atoms with Gasteiger partial charge in [-0.2, -0.15) is 0 Å². The summed E-state index contributed by atoms with van der Waals surface area (Å²) >= 11 is 0. The van der Waals surface area contributed by atoms with Crippen LogP contribution in [0.1, 0.15) is 25.8 Å². The minimum absolute atomic E-state index is 0.202. The zero-order valence-electron chi connectivity index (χ0n) is 12.2. The predicted octanol–water partition coefficient (Wildman–Crippen LogP) is 2.23. The fraction of sp³-hybridized carbons (Fsp3) is 0.467. The summed E-state index contributed by atoms with van der Waals surface area (Å²) in [6.45, 7) is 9.36. The first-order chi connectivity index (χ1) is 9.26. The maximum absolute atomic E-state index is 12.3. The summed E-state index contributed by atoms with van der Waals surface area (Å²) in [6, 6.07) is 6.04. The van der Waals surface area contributed by atoms with Gasteiger partial charge in [0.15, 0.2) is 0 Å². The zero-order valence-corrected chi connectivity index (χ0v) is 13.0. The molecule has 0 aliphatic heterocycles. The van der Waals surface area contributed by atoms with E-state index in [0.29, 0.717) is 6.42 Å². The minimum Gasteiger partial charge on any atom is -0.387 e. The maximum atomic E-state index is 12.3. The highest BCUT2D eigenvalue weighted by atomic mass is 32.2. The number of aliphatic hydroxyl groups excluding tert-OH is 1. The van der Waals surface area contributed by atoms with Crippen molar-refractivity contribution in [2.45, 2.75) is 44.2 Å². The third kappa shape index (κ3) is 4.74. The largest absolute Gasteiger partial charge is 0.387 e. The lowest BCUT2D eigenvalue weighted by atomic mass is 10.0. The van der Waals surface area contributed by atoms with E-state index >= 15 is 0 Å². The van der Waals surface area contributed by atoms with Crippen LogP contribution < -0.4 is 4.72 Å². The topological polar surface area (TPSA) is 66.4 Å². The molecule has 2 atom stereocenters. The lowest BCUT2D eigenvalue weighted by Crippen LogP contribution is -2.43. The summed E-state index contributed by atoms with van der Waals surface area (Å²) in [4.78, 5) is 0.202. The van der Waals surface area contributed by atoms with Crippen molar-refractivity contribution in [2.75, 3.05) is 0 Å². The van der Waals surface area contributed by atoms with E-state index in [1.807, 2.05) is 20.8 Å². The average molecular weight is 297 g/mol. The molecule has 0 unspecified atom stereocenters. The first-order valence-corrected chi connectivity index (χ1v) is 8.14. The Kier molecular flexibility index (Phi) is 5.92. The van der Waals surface area contributed by atoms with Crippen LogP contribution in [0.5, 0.6) is 0 Å². The molecule has 0 radical (unpaired) electrons. The van der Waals surface area contributed by atoms with Crippen LogP contribution in [0.15, 0.2) is 41.8 Å². The Bertz CT molecular complexity index is 535. The van der Waals surface area contributed by atoms with Crippen molar-refractivity contribution in [1.29, 1.82) is 0 Å². The normalized spacial score (nSPS) is 15.1. The van der Waals surface area contributed by atoms with Gasteiger partial charge in [-0.25, -0.2) is 13.1 Å². The van der Waals surface area contributed by atoms with Crippen LogP contribution in [-0.4, -0.2) is 25.7 Å². The Morgan fingerprint density at radius 1 is 1.30 bits per heavy atom. The van der Waals surface area contributed by atoms with Gasteiger partial charge in [0.1, 0.15) is 0 Å². The molecule has 0 spiro atoms. The molecule has 0 aromatic heterocycles. The number of hydrogen-bond donors (Lipinski definition) is 2. The quantitative estimate of drug-likeness (QED) is 0.759. The number of nitrogens with one attached hydrogen (secondary N) is 1. The van der Waals surface area contributed by atoms with Crippen LogP contribution >= 0.6 is 0 Å². The second-order valence-electron chi connectivity index (χ2n) is 5.40. The van der Waals surface area contributed by atoms with E-state index in [1.54, 1.807) is 24.3 Å².